The molecule has 4 aliphatic heterocycles. The van der Waals surface area contributed by atoms with E-state index < -0.39 is 6.04 Å². The first-order valence-electron chi connectivity index (χ1n) is 10.1. The minimum absolute atomic E-state index is 0.0473. The first-order chi connectivity index (χ1) is 13.3. The van der Waals surface area contributed by atoms with Gasteiger partial charge in [-0.3, -0.25) is 10.2 Å². The van der Waals surface area contributed by atoms with Gasteiger partial charge in [0, 0.05) is 12.6 Å². The van der Waals surface area contributed by atoms with Crippen molar-refractivity contribution >= 4 is 5.97 Å². The fourth-order valence-corrected chi connectivity index (χ4v) is 4.93. The molecule has 2 aromatic rings. The summed E-state index contributed by atoms with van der Waals surface area (Å²) in [7, 11) is 0. The van der Waals surface area contributed by atoms with E-state index in [0.29, 0.717) is 5.92 Å². The van der Waals surface area contributed by atoms with Crippen LogP contribution in [0.2, 0.25) is 0 Å². The van der Waals surface area contributed by atoms with E-state index in [1.165, 1.54) is 11.1 Å². The molecule has 3 fully saturated rings. The van der Waals surface area contributed by atoms with Crippen LogP contribution in [0, 0.1) is 5.92 Å². The van der Waals surface area contributed by atoms with Gasteiger partial charge in [-0.1, -0.05) is 54.6 Å². The number of fused-ring (bicyclic) bond motifs is 4. The number of rotatable bonds is 3. The van der Waals surface area contributed by atoms with Crippen LogP contribution in [0.3, 0.4) is 0 Å². The number of benzene rings is 2. The Bertz CT molecular complexity index is 814. The smallest absolute Gasteiger partial charge is 0.328 e. The maximum atomic E-state index is 13.2. The van der Waals surface area contributed by atoms with Crippen LogP contribution in [-0.2, 0) is 16.0 Å². The van der Waals surface area contributed by atoms with Gasteiger partial charge in [-0.25, -0.2) is 4.79 Å². The molecule has 3 atom stereocenters. The molecule has 3 saturated heterocycles. The average Bonchev–Trinajstić information content (AvgIpc) is 2.74. The molecule has 0 amide bonds. The summed E-state index contributed by atoms with van der Waals surface area (Å²) in [4.78, 5) is 15.6. The maximum Gasteiger partial charge on any atom is 0.328 e. The number of piperidine rings is 3. The second-order valence-electron chi connectivity index (χ2n) is 8.08. The lowest BCUT2D eigenvalue weighted by Gasteiger charge is -2.44. The molecule has 1 N–H and O–H groups in total. The lowest BCUT2D eigenvalue weighted by Crippen LogP contribution is -2.52. The third-order valence-corrected chi connectivity index (χ3v) is 6.46. The van der Waals surface area contributed by atoms with Crippen molar-refractivity contribution in [2.45, 2.75) is 37.5 Å². The Labute approximate surface area is 160 Å². The monoisotopic (exact) mass is 362 g/mol. The Balaban J connectivity index is 1.39. The fraction of sp³-hybridized carbons (Fsp3) is 0.435. The topological polar surface area (TPSA) is 41.6 Å². The highest BCUT2D eigenvalue weighted by Crippen LogP contribution is 2.35. The lowest BCUT2D eigenvalue weighted by molar-refractivity contribution is -0.162. The van der Waals surface area contributed by atoms with Crippen LogP contribution in [-0.4, -0.2) is 36.6 Å². The number of nitrogens with zero attached hydrogens (tertiary/aromatic N) is 1. The quantitative estimate of drug-likeness (QED) is 0.851. The highest BCUT2D eigenvalue weighted by Gasteiger charge is 2.39. The number of hydrogen-bond donors (Lipinski definition) is 1. The van der Waals surface area contributed by atoms with Crippen molar-refractivity contribution in [3.05, 3.63) is 71.3 Å². The fourth-order valence-electron chi connectivity index (χ4n) is 4.93. The van der Waals surface area contributed by atoms with E-state index in [0.717, 1.165) is 44.5 Å². The molecule has 4 aliphatic rings. The Morgan fingerprint density at radius 2 is 1.74 bits per heavy atom. The van der Waals surface area contributed by atoms with E-state index >= 15 is 0 Å². The third kappa shape index (κ3) is 3.28. The average molecular weight is 362 g/mol. The highest BCUT2D eigenvalue weighted by atomic mass is 16.5. The molecule has 6 rings (SSSR count). The highest BCUT2D eigenvalue weighted by molar-refractivity contribution is 5.79. The van der Waals surface area contributed by atoms with Crippen molar-refractivity contribution in [3.63, 3.8) is 0 Å². The second kappa shape index (κ2) is 7.10. The summed E-state index contributed by atoms with van der Waals surface area (Å²) in [6.45, 7) is 3.20. The molecule has 0 spiro atoms. The van der Waals surface area contributed by atoms with Crippen molar-refractivity contribution < 1.29 is 9.53 Å². The SMILES string of the molecule is O=C(OC1CN2CCC1CC2)C1NC(c2ccccc2)Cc2ccccc21. The second-order valence-corrected chi connectivity index (χ2v) is 8.08. The van der Waals surface area contributed by atoms with E-state index in [9.17, 15) is 4.79 Å². The standard InChI is InChI=1S/C23H26N2O2/c26-23(27-21-15-25-12-10-17(21)11-13-25)22-19-9-5-4-8-18(19)14-20(24-22)16-6-2-1-3-7-16/h1-9,17,20-22,24H,10-15H2. The van der Waals surface area contributed by atoms with Gasteiger partial charge in [-0.15, -0.1) is 0 Å². The molecule has 4 heterocycles. The zero-order valence-electron chi connectivity index (χ0n) is 15.5. The van der Waals surface area contributed by atoms with Gasteiger partial charge in [0.25, 0.3) is 0 Å². The van der Waals surface area contributed by atoms with Crippen LogP contribution >= 0.6 is 0 Å². The Hall–Kier alpha value is -2.17. The predicted molar refractivity (Wildman–Crippen MR) is 104 cm³/mol. The molecular weight excluding hydrogens is 336 g/mol. The molecular formula is C23H26N2O2. The van der Waals surface area contributed by atoms with E-state index in [1.807, 2.05) is 12.1 Å². The Morgan fingerprint density at radius 3 is 2.48 bits per heavy atom. The van der Waals surface area contributed by atoms with Gasteiger partial charge < -0.3 is 4.74 Å². The van der Waals surface area contributed by atoms with E-state index in [2.05, 4.69) is 52.7 Å². The largest absolute Gasteiger partial charge is 0.459 e. The molecule has 2 aromatic carbocycles. The van der Waals surface area contributed by atoms with Crippen LogP contribution in [0.5, 0.6) is 0 Å². The van der Waals surface area contributed by atoms with Gasteiger partial charge in [0.2, 0.25) is 0 Å². The molecule has 4 nitrogen and oxygen atoms in total. The number of carbonyl (C=O) groups is 1. The molecule has 0 saturated carbocycles. The Morgan fingerprint density at radius 1 is 1.00 bits per heavy atom. The number of carbonyl (C=O) groups excluding carboxylic acids is 1. The summed E-state index contributed by atoms with van der Waals surface area (Å²) in [5, 5.41) is 3.57. The number of ether oxygens (including phenoxy) is 1. The van der Waals surface area contributed by atoms with Gasteiger partial charge in [0.1, 0.15) is 12.1 Å². The number of hydrogen-bond acceptors (Lipinski definition) is 4. The third-order valence-electron chi connectivity index (χ3n) is 6.46. The minimum Gasteiger partial charge on any atom is -0.459 e. The molecule has 0 radical (unpaired) electrons. The van der Waals surface area contributed by atoms with Crippen LogP contribution in [0.4, 0.5) is 0 Å². The molecule has 3 unspecified atom stereocenters. The van der Waals surface area contributed by atoms with Crippen molar-refractivity contribution in [2.75, 3.05) is 19.6 Å². The van der Waals surface area contributed by atoms with Gasteiger partial charge in [-0.05, 0) is 55.0 Å². The summed E-state index contributed by atoms with van der Waals surface area (Å²) in [6.07, 6.45) is 3.24. The van der Waals surface area contributed by atoms with Gasteiger partial charge in [0.05, 0.1) is 0 Å². The summed E-state index contributed by atoms with van der Waals surface area (Å²) < 4.78 is 6.06. The zero-order valence-corrected chi connectivity index (χ0v) is 15.5. The number of esters is 1. The van der Waals surface area contributed by atoms with E-state index in [1.54, 1.807) is 0 Å². The van der Waals surface area contributed by atoms with E-state index in [4.69, 9.17) is 4.74 Å². The number of nitrogens with one attached hydrogen (secondary N) is 1. The molecule has 0 aliphatic carbocycles. The Kier molecular flexibility index (Phi) is 4.46. The summed E-state index contributed by atoms with van der Waals surface area (Å²) in [6, 6.07) is 18.4. The zero-order chi connectivity index (χ0) is 18.2. The summed E-state index contributed by atoms with van der Waals surface area (Å²) >= 11 is 0. The van der Waals surface area contributed by atoms with Crippen molar-refractivity contribution in [1.82, 2.24) is 10.2 Å². The molecule has 27 heavy (non-hydrogen) atoms. The van der Waals surface area contributed by atoms with E-state index in [-0.39, 0.29) is 18.1 Å². The van der Waals surface area contributed by atoms with Gasteiger partial charge >= 0.3 is 5.97 Å². The van der Waals surface area contributed by atoms with Crippen LogP contribution in [0.15, 0.2) is 54.6 Å². The van der Waals surface area contributed by atoms with Crippen LogP contribution in [0.1, 0.15) is 41.6 Å². The molecule has 4 heteroatoms. The maximum absolute atomic E-state index is 13.2. The van der Waals surface area contributed by atoms with Crippen molar-refractivity contribution in [1.29, 1.82) is 0 Å². The van der Waals surface area contributed by atoms with Crippen molar-refractivity contribution in [2.24, 2.45) is 5.92 Å². The van der Waals surface area contributed by atoms with Gasteiger partial charge in [-0.2, -0.15) is 0 Å². The summed E-state index contributed by atoms with van der Waals surface area (Å²) in [5.74, 6) is 0.407. The molecule has 2 bridgehead atoms. The van der Waals surface area contributed by atoms with Crippen LogP contribution in [0.25, 0.3) is 0 Å². The summed E-state index contributed by atoms with van der Waals surface area (Å²) in [5.41, 5.74) is 3.52. The lowest BCUT2D eigenvalue weighted by atomic mass is 9.85. The first kappa shape index (κ1) is 17.0. The predicted octanol–water partition coefficient (Wildman–Crippen LogP) is 3.25. The normalized spacial score (nSPS) is 31.9. The van der Waals surface area contributed by atoms with Gasteiger partial charge in [0.15, 0.2) is 0 Å². The van der Waals surface area contributed by atoms with Crippen LogP contribution < -0.4 is 5.32 Å². The molecule has 0 aromatic heterocycles. The molecule has 140 valence electrons. The van der Waals surface area contributed by atoms with Crippen molar-refractivity contribution in [3.8, 4) is 0 Å². The minimum atomic E-state index is -0.393. The first-order valence-corrected chi connectivity index (χ1v) is 10.1.